The molecule has 2 aromatic heterocycles. The van der Waals surface area contributed by atoms with Crippen LogP contribution in [0.15, 0.2) is 73.0 Å². The lowest BCUT2D eigenvalue weighted by Crippen LogP contribution is -2.39. The Labute approximate surface area is 250 Å². The molecule has 6 atom stereocenters. The molecule has 8 rings (SSSR count). The Balaban J connectivity index is 0.975. The first-order valence-corrected chi connectivity index (χ1v) is 14.9. The largest absolute Gasteiger partial charge is 0.444 e. The number of nitrogens with one attached hydrogen (secondary N) is 3. The normalized spacial score (nSPS) is 27.1. The number of hydrogen-bond donors (Lipinski definition) is 3. The summed E-state index contributed by atoms with van der Waals surface area (Å²) >= 11 is 0. The van der Waals surface area contributed by atoms with Gasteiger partial charge in [0.25, 0.3) is 0 Å². The SMILES string of the molecule is C=C1C2C[C@H]2N[C@@H]1c1nc2ccc(C#Cc3ccc(-c4cnc([C@@H]5C(=C)[C@H]6CC6N5C(=O)OC(C)(C)C)[nH]4)cc3)cc2[nH]1. The number of likely N-dealkylation sites (tertiary alicyclic amines) is 1. The van der Waals surface area contributed by atoms with Gasteiger partial charge in [-0.2, -0.15) is 0 Å². The first-order chi connectivity index (χ1) is 20.6. The lowest BCUT2D eigenvalue weighted by Gasteiger charge is -2.30. The van der Waals surface area contributed by atoms with E-state index in [1.807, 2.05) is 68.3 Å². The van der Waals surface area contributed by atoms with Crippen LogP contribution in [-0.2, 0) is 4.74 Å². The van der Waals surface area contributed by atoms with Crippen LogP contribution in [0.3, 0.4) is 0 Å². The van der Waals surface area contributed by atoms with Crippen LogP contribution in [-0.4, -0.2) is 48.6 Å². The molecule has 2 saturated carbocycles. The number of imidazole rings is 2. The van der Waals surface area contributed by atoms with E-state index in [2.05, 4.69) is 51.3 Å². The molecule has 2 aliphatic heterocycles. The Bertz CT molecular complexity index is 1880. The fourth-order valence-corrected chi connectivity index (χ4v) is 6.65. The summed E-state index contributed by atoms with van der Waals surface area (Å²) in [5.74, 6) is 9.13. The van der Waals surface area contributed by atoms with E-state index in [1.165, 1.54) is 12.0 Å². The molecule has 4 aromatic rings. The van der Waals surface area contributed by atoms with Gasteiger partial charge in [-0.25, -0.2) is 14.8 Å². The van der Waals surface area contributed by atoms with Crippen molar-refractivity contribution in [2.75, 3.05) is 0 Å². The van der Waals surface area contributed by atoms with Crippen molar-refractivity contribution in [3.05, 3.63) is 95.7 Å². The van der Waals surface area contributed by atoms with Gasteiger partial charge in [0.1, 0.15) is 23.3 Å². The summed E-state index contributed by atoms with van der Waals surface area (Å²) in [6.07, 6.45) is 3.64. The Hall–Kier alpha value is -4.61. The van der Waals surface area contributed by atoms with Gasteiger partial charge < -0.3 is 20.0 Å². The lowest BCUT2D eigenvalue weighted by atomic mass is 10.1. The van der Waals surface area contributed by atoms with Crippen molar-refractivity contribution >= 4 is 17.1 Å². The van der Waals surface area contributed by atoms with Crippen molar-refractivity contribution in [3.8, 4) is 23.1 Å². The third-order valence-electron chi connectivity index (χ3n) is 9.02. The molecular formula is C35H34N6O2. The number of rotatable bonds is 3. The number of fused-ring (bicyclic) bond motifs is 3. The molecule has 216 valence electrons. The van der Waals surface area contributed by atoms with Crippen LogP contribution in [0.4, 0.5) is 4.79 Å². The lowest BCUT2D eigenvalue weighted by molar-refractivity contribution is 0.0194. The summed E-state index contributed by atoms with van der Waals surface area (Å²) in [6.45, 7) is 14.2. The van der Waals surface area contributed by atoms with E-state index >= 15 is 0 Å². The number of piperidine rings is 2. The van der Waals surface area contributed by atoms with Crippen molar-refractivity contribution in [2.24, 2.45) is 11.8 Å². The molecule has 2 aliphatic carbocycles. The van der Waals surface area contributed by atoms with E-state index < -0.39 is 5.60 Å². The number of benzene rings is 2. The summed E-state index contributed by atoms with van der Waals surface area (Å²) in [5, 5.41) is 3.61. The second-order valence-corrected chi connectivity index (χ2v) is 13.3. The van der Waals surface area contributed by atoms with Crippen LogP contribution in [0.1, 0.15) is 68.5 Å². The third-order valence-corrected chi connectivity index (χ3v) is 9.02. The van der Waals surface area contributed by atoms with E-state index in [1.54, 1.807) is 0 Å². The molecule has 1 amide bonds. The monoisotopic (exact) mass is 570 g/mol. The quantitative estimate of drug-likeness (QED) is 0.202. The summed E-state index contributed by atoms with van der Waals surface area (Å²) < 4.78 is 5.71. The second kappa shape index (κ2) is 9.19. The Morgan fingerprint density at radius 2 is 1.74 bits per heavy atom. The highest BCUT2D eigenvalue weighted by Crippen LogP contribution is 2.56. The molecule has 0 bridgehead atoms. The van der Waals surface area contributed by atoms with Crippen LogP contribution in [0, 0.1) is 23.7 Å². The molecule has 4 heterocycles. The van der Waals surface area contributed by atoms with Gasteiger partial charge in [-0.05, 0) is 86.6 Å². The van der Waals surface area contributed by atoms with Gasteiger partial charge in [0.15, 0.2) is 0 Å². The maximum absolute atomic E-state index is 13.0. The van der Waals surface area contributed by atoms with Crippen LogP contribution < -0.4 is 5.32 Å². The van der Waals surface area contributed by atoms with E-state index in [4.69, 9.17) is 9.72 Å². The maximum atomic E-state index is 13.0. The molecule has 2 unspecified atom stereocenters. The standard InChI is InChI=1S/C35H34N6O2/c1-18-23-15-26(23)37-30(18)32-38-25-13-10-21(14-27(25)39-32)7-6-20-8-11-22(12-9-20)28-17-36-33(40-28)31-19(2)24-16-29(24)41(31)34(42)43-35(3,4)5/h8-14,17,23-24,26,29-31,37H,1-2,15-16H2,3-5H3,(H,36,40)(H,38,39)/t23?,24-,26-,29?,30+,31+/m1/s1. The second-order valence-electron chi connectivity index (χ2n) is 13.3. The third kappa shape index (κ3) is 4.56. The highest BCUT2D eigenvalue weighted by molar-refractivity contribution is 5.77. The zero-order valence-electron chi connectivity index (χ0n) is 24.6. The van der Waals surface area contributed by atoms with Gasteiger partial charge in [0.2, 0.25) is 0 Å². The highest BCUT2D eigenvalue weighted by atomic mass is 16.6. The Kier molecular flexibility index (Phi) is 5.57. The summed E-state index contributed by atoms with van der Waals surface area (Å²) in [7, 11) is 0. The average Bonchev–Trinajstić information content (AvgIpc) is 3.72. The molecule has 4 aliphatic rings. The topological polar surface area (TPSA) is 98.9 Å². The van der Waals surface area contributed by atoms with Crippen LogP contribution >= 0.6 is 0 Å². The van der Waals surface area contributed by atoms with Gasteiger partial charge in [0, 0.05) is 29.1 Å². The minimum atomic E-state index is -0.562. The first kappa shape index (κ1) is 26.1. The maximum Gasteiger partial charge on any atom is 0.411 e. The van der Waals surface area contributed by atoms with E-state index in [0.29, 0.717) is 23.7 Å². The molecule has 3 N–H and O–H groups in total. The van der Waals surface area contributed by atoms with E-state index in [9.17, 15) is 4.79 Å². The van der Waals surface area contributed by atoms with E-state index in [-0.39, 0.29) is 24.2 Å². The van der Waals surface area contributed by atoms with Gasteiger partial charge in [-0.15, -0.1) is 0 Å². The molecule has 8 heteroatoms. The predicted molar refractivity (Wildman–Crippen MR) is 165 cm³/mol. The van der Waals surface area contributed by atoms with Gasteiger partial charge in [-0.1, -0.05) is 37.1 Å². The highest BCUT2D eigenvalue weighted by Gasteiger charge is 2.58. The minimum absolute atomic E-state index is 0.113. The van der Waals surface area contributed by atoms with Crippen LogP contribution in [0.5, 0.6) is 0 Å². The van der Waals surface area contributed by atoms with Crippen LogP contribution in [0.25, 0.3) is 22.3 Å². The number of hydrogen-bond acceptors (Lipinski definition) is 5. The fourth-order valence-electron chi connectivity index (χ4n) is 6.65. The predicted octanol–water partition coefficient (Wildman–Crippen LogP) is 6.18. The van der Waals surface area contributed by atoms with Crippen LogP contribution in [0.2, 0.25) is 0 Å². The summed E-state index contributed by atoms with van der Waals surface area (Å²) in [5.41, 5.74) is 7.33. The van der Waals surface area contributed by atoms with Crippen molar-refractivity contribution in [2.45, 2.75) is 63.4 Å². The number of carbonyl (C=O) groups excluding carboxylic acids is 1. The molecule has 4 fully saturated rings. The molecular weight excluding hydrogens is 536 g/mol. The average molecular weight is 571 g/mol. The minimum Gasteiger partial charge on any atom is -0.444 e. The Morgan fingerprint density at radius 3 is 2.49 bits per heavy atom. The smallest absolute Gasteiger partial charge is 0.411 e. The molecule has 8 nitrogen and oxygen atoms in total. The zero-order valence-corrected chi connectivity index (χ0v) is 24.6. The molecule has 2 saturated heterocycles. The fraction of sp³-hybridized carbons (Fsp3) is 0.343. The Morgan fingerprint density at radius 1 is 0.977 bits per heavy atom. The van der Waals surface area contributed by atoms with Gasteiger partial charge in [0.05, 0.1) is 29.0 Å². The van der Waals surface area contributed by atoms with Gasteiger partial charge in [-0.3, -0.25) is 4.90 Å². The first-order valence-electron chi connectivity index (χ1n) is 14.9. The van der Waals surface area contributed by atoms with Crippen molar-refractivity contribution in [1.82, 2.24) is 30.2 Å². The number of nitrogens with zero attached hydrogens (tertiary/aromatic N) is 3. The van der Waals surface area contributed by atoms with E-state index in [0.717, 1.165) is 51.2 Å². The molecule has 0 radical (unpaired) electrons. The molecule has 0 spiro atoms. The van der Waals surface area contributed by atoms with Crippen molar-refractivity contribution in [1.29, 1.82) is 0 Å². The number of carbonyl (C=O) groups is 1. The zero-order chi connectivity index (χ0) is 29.6. The van der Waals surface area contributed by atoms with Gasteiger partial charge >= 0.3 is 6.09 Å². The molecule has 2 aromatic carbocycles. The van der Waals surface area contributed by atoms with Crippen molar-refractivity contribution in [3.63, 3.8) is 0 Å². The molecule has 43 heavy (non-hydrogen) atoms. The van der Waals surface area contributed by atoms with Crippen molar-refractivity contribution < 1.29 is 9.53 Å². The number of H-pyrrole nitrogens is 2. The summed E-state index contributed by atoms with van der Waals surface area (Å²) in [4.78, 5) is 31.2. The number of amides is 1. The summed E-state index contributed by atoms with van der Waals surface area (Å²) in [6, 6.07) is 14.7. The number of ether oxygens (including phenoxy) is 1. The number of aromatic amines is 2. The number of aromatic nitrogens is 4.